The number of hydrogen-bond acceptors (Lipinski definition) is 3. The monoisotopic (exact) mass is 240 g/mol. The fraction of sp³-hybridized carbons (Fsp3) is 1.00. The highest BCUT2D eigenvalue weighted by Gasteiger charge is 2.40. The van der Waals surface area contributed by atoms with Crippen molar-refractivity contribution in [2.24, 2.45) is 5.73 Å². The quantitative estimate of drug-likeness (QED) is 0.763. The van der Waals surface area contributed by atoms with E-state index in [1.165, 1.54) is 25.7 Å². The summed E-state index contributed by atoms with van der Waals surface area (Å²) < 4.78 is 6.14. The van der Waals surface area contributed by atoms with E-state index < -0.39 is 0 Å². The Morgan fingerprint density at radius 2 is 1.41 bits per heavy atom. The summed E-state index contributed by atoms with van der Waals surface area (Å²) in [5, 5.41) is 0. The van der Waals surface area contributed by atoms with E-state index in [0.717, 1.165) is 19.1 Å². The van der Waals surface area contributed by atoms with Crippen molar-refractivity contribution in [3.05, 3.63) is 0 Å². The van der Waals surface area contributed by atoms with Crippen molar-refractivity contribution in [3.8, 4) is 0 Å². The molecule has 0 spiro atoms. The second-order valence-corrected chi connectivity index (χ2v) is 7.10. The lowest BCUT2D eigenvalue weighted by atomic mass is 9.88. The second-order valence-electron chi connectivity index (χ2n) is 7.10. The van der Waals surface area contributed by atoms with Crippen LogP contribution in [-0.2, 0) is 4.74 Å². The molecule has 0 bridgehead atoms. The molecular weight excluding hydrogens is 212 g/mol. The molecule has 1 heterocycles. The van der Waals surface area contributed by atoms with Crippen LogP contribution in [0.2, 0.25) is 0 Å². The summed E-state index contributed by atoms with van der Waals surface area (Å²) in [5.74, 6) is 0. The lowest BCUT2D eigenvalue weighted by Crippen LogP contribution is -2.60. The Labute approximate surface area is 106 Å². The Balaban J connectivity index is 2.00. The molecule has 100 valence electrons. The van der Waals surface area contributed by atoms with Crippen molar-refractivity contribution in [1.82, 2.24) is 4.90 Å². The fourth-order valence-corrected chi connectivity index (χ4v) is 3.57. The van der Waals surface area contributed by atoms with Gasteiger partial charge in [0.25, 0.3) is 0 Å². The van der Waals surface area contributed by atoms with Crippen LogP contribution in [0.3, 0.4) is 0 Å². The molecule has 0 atom stereocenters. The Bertz CT molecular complexity index is 251. The van der Waals surface area contributed by atoms with Crippen molar-refractivity contribution < 1.29 is 4.74 Å². The Morgan fingerprint density at radius 3 is 1.88 bits per heavy atom. The Kier molecular flexibility index (Phi) is 3.54. The minimum Gasteiger partial charge on any atom is -0.367 e. The normalized spacial score (nSPS) is 37.9. The number of morpholine rings is 1. The van der Waals surface area contributed by atoms with Gasteiger partial charge < -0.3 is 10.5 Å². The van der Waals surface area contributed by atoms with E-state index in [-0.39, 0.29) is 11.2 Å². The van der Waals surface area contributed by atoms with Crippen molar-refractivity contribution in [2.45, 2.75) is 76.7 Å². The maximum absolute atomic E-state index is 6.14. The minimum atomic E-state index is -0.0265. The van der Waals surface area contributed by atoms with E-state index in [4.69, 9.17) is 10.5 Å². The van der Waals surface area contributed by atoms with Gasteiger partial charge in [0.05, 0.1) is 11.2 Å². The minimum absolute atomic E-state index is 0.0265. The lowest BCUT2D eigenvalue weighted by Gasteiger charge is -2.50. The zero-order valence-corrected chi connectivity index (χ0v) is 11.8. The highest BCUT2D eigenvalue weighted by molar-refractivity contribution is 4.93. The Morgan fingerprint density at radius 1 is 0.941 bits per heavy atom. The molecule has 0 unspecified atom stereocenters. The van der Waals surface area contributed by atoms with E-state index in [0.29, 0.717) is 6.04 Å². The van der Waals surface area contributed by atoms with Crippen LogP contribution in [0.5, 0.6) is 0 Å². The average Bonchev–Trinajstić information content (AvgIpc) is 2.13. The van der Waals surface area contributed by atoms with Gasteiger partial charge in [-0.25, -0.2) is 0 Å². The first kappa shape index (κ1) is 13.3. The first-order valence-corrected chi connectivity index (χ1v) is 6.97. The van der Waals surface area contributed by atoms with Crippen LogP contribution in [0.25, 0.3) is 0 Å². The summed E-state index contributed by atoms with van der Waals surface area (Å²) in [6.45, 7) is 10.9. The van der Waals surface area contributed by atoms with Crippen LogP contribution in [0.15, 0.2) is 0 Å². The SMILES string of the molecule is CC1(C)CN(C2CCC(N)CC2)CC(C)(C)O1. The summed E-state index contributed by atoms with van der Waals surface area (Å²) in [4.78, 5) is 2.63. The zero-order valence-electron chi connectivity index (χ0n) is 11.8. The highest BCUT2D eigenvalue weighted by Crippen LogP contribution is 2.32. The molecule has 17 heavy (non-hydrogen) atoms. The predicted molar refractivity (Wildman–Crippen MR) is 71.0 cm³/mol. The van der Waals surface area contributed by atoms with Gasteiger partial charge in [-0.1, -0.05) is 0 Å². The molecule has 2 rings (SSSR count). The molecule has 2 fully saturated rings. The van der Waals surface area contributed by atoms with Crippen LogP contribution in [-0.4, -0.2) is 41.3 Å². The molecule has 0 aromatic rings. The smallest absolute Gasteiger partial charge is 0.0760 e. The van der Waals surface area contributed by atoms with Gasteiger partial charge in [0.2, 0.25) is 0 Å². The summed E-state index contributed by atoms with van der Waals surface area (Å²) in [6.07, 6.45) is 4.88. The van der Waals surface area contributed by atoms with Crippen LogP contribution in [0.1, 0.15) is 53.4 Å². The van der Waals surface area contributed by atoms with E-state index in [1.54, 1.807) is 0 Å². The van der Waals surface area contributed by atoms with Gasteiger partial charge in [-0.15, -0.1) is 0 Å². The molecule has 3 nitrogen and oxygen atoms in total. The van der Waals surface area contributed by atoms with Crippen LogP contribution in [0.4, 0.5) is 0 Å². The molecule has 3 heteroatoms. The van der Waals surface area contributed by atoms with Gasteiger partial charge in [0.1, 0.15) is 0 Å². The van der Waals surface area contributed by atoms with Crippen LogP contribution >= 0.6 is 0 Å². The molecule has 1 aliphatic heterocycles. The van der Waals surface area contributed by atoms with E-state index in [2.05, 4.69) is 32.6 Å². The summed E-state index contributed by atoms with van der Waals surface area (Å²) >= 11 is 0. The van der Waals surface area contributed by atoms with E-state index in [9.17, 15) is 0 Å². The molecular formula is C14H28N2O. The largest absolute Gasteiger partial charge is 0.367 e. The molecule has 2 N–H and O–H groups in total. The third kappa shape index (κ3) is 3.43. The summed E-state index contributed by atoms with van der Waals surface area (Å²) in [7, 11) is 0. The molecule has 1 saturated carbocycles. The molecule has 1 aliphatic carbocycles. The number of nitrogens with two attached hydrogens (primary N) is 1. The van der Waals surface area contributed by atoms with Crippen molar-refractivity contribution >= 4 is 0 Å². The van der Waals surface area contributed by atoms with Crippen molar-refractivity contribution in [1.29, 1.82) is 0 Å². The fourth-order valence-electron chi connectivity index (χ4n) is 3.57. The lowest BCUT2D eigenvalue weighted by molar-refractivity contribution is -0.189. The van der Waals surface area contributed by atoms with E-state index >= 15 is 0 Å². The maximum atomic E-state index is 6.14. The Hall–Kier alpha value is -0.120. The third-order valence-corrected chi connectivity index (χ3v) is 3.98. The van der Waals surface area contributed by atoms with Gasteiger partial charge in [-0.05, 0) is 53.4 Å². The number of hydrogen-bond donors (Lipinski definition) is 1. The first-order valence-electron chi connectivity index (χ1n) is 6.97. The second kappa shape index (κ2) is 4.52. The van der Waals surface area contributed by atoms with Gasteiger partial charge in [0.15, 0.2) is 0 Å². The van der Waals surface area contributed by atoms with Gasteiger partial charge in [0, 0.05) is 25.2 Å². The van der Waals surface area contributed by atoms with Gasteiger partial charge >= 0.3 is 0 Å². The molecule has 2 aliphatic rings. The highest BCUT2D eigenvalue weighted by atomic mass is 16.5. The standard InChI is InChI=1S/C14H28N2O/c1-13(2)9-16(10-14(3,4)17-13)12-7-5-11(15)6-8-12/h11-12H,5-10,15H2,1-4H3. The average molecular weight is 240 g/mol. The molecule has 0 aromatic carbocycles. The topological polar surface area (TPSA) is 38.5 Å². The van der Waals surface area contributed by atoms with Crippen molar-refractivity contribution in [3.63, 3.8) is 0 Å². The number of nitrogens with zero attached hydrogens (tertiary/aromatic N) is 1. The van der Waals surface area contributed by atoms with Gasteiger partial charge in [-0.2, -0.15) is 0 Å². The van der Waals surface area contributed by atoms with Crippen LogP contribution < -0.4 is 5.73 Å². The zero-order chi connectivity index (χ0) is 12.7. The molecule has 0 radical (unpaired) electrons. The van der Waals surface area contributed by atoms with E-state index in [1.807, 2.05) is 0 Å². The van der Waals surface area contributed by atoms with Crippen LogP contribution in [0, 0.1) is 0 Å². The molecule has 0 amide bonds. The predicted octanol–water partition coefficient (Wildman–Crippen LogP) is 2.15. The van der Waals surface area contributed by atoms with Gasteiger partial charge in [-0.3, -0.25) is 4.90 Å². The first-order chi connectivity index (χ1) is 7.77. The summed E-state index contributed by atoms with van der Waals surface area (Å²) in [5.41, 5.74) is 5.94. The molecule has 1 saturated heterocycles. The number of ether oxygens (including phenoxy) is 1. The third-order valence-electron chi connectivity index (χ3n) is 3.98. The maximum Gasteiger partial charge on any atom is 0.0760 e. The number of rotatable bonds is 1. The van der Waals surface area contributed by atoms with Crippen molar-refractivity contribution in [2.75, 3.05) is 13.1 Å². The summed E-state index contributed by atoms with van der Waals surface area (Å²) in [6, 6.07) is 1.16. The molecule has 0 aromatic heterocycles.